The number of rotatable bonds is 5. The number of nitrogens with one attached hydrogen (secondary N) is 1. The lowest BCUT2D eigenvalue weighted by Gasteiger charge is -2.41. The topological polar surface area (TPSA) is 78.9 Å². The lowest BCUT2D eigenvalue weighted by molar-refractivity contribution is -0.136. The third kappa shape index (κ3) is 4.87. The molecule has 22 heavy (non-hydrogen) atoms. The van der Waals surface area contributed by atoms with Crippen molar-refractivity contribution in [1.82, 2.24) is 10.2 Å². The van der Waals surface area contributed by atoms with Crippen molar-refractivity contribution in [1.29, 1.82) is 0 Å². The first-order valence-corrected chi connectivity index (χ1v) is 8.24. The number of hydrogen-bond donors (Lipinski definition) is 2. The summed E-state index contributed by atoms with van der Waals surface area (Å²) in [7, 11) is 0. The predicted molar refractivity (Wildman–Crippen MR) is 82.8 cm³/mol. The van der Waals surface area contributed by atoms with Crippen molar-refractivity contribution in [3.8, 4) is 0 Å². The molecule has 0 radical (unpaired) electrons. The summed E-state index contributed by atoms with van der Waals surface area (Å²) in [5.41, 5.74) is -0.511. The molecule has 0 aliphatic heterocycles. The van der Waals surface area contributed by atoms with Gasteiger partial charge < -0.3 is 20.1 Å². The van der Waals surface area contributed by atoms with Gasteiger partial charge in [-0.05, 0) is 46.5 Å². The average molecular weight is 312 g/mol. The fourth-order valence-corrected chi connectivity index (χ4v) is 3.12. The number of nitrogens with zero attached hydrogens (tertiary/aromatic N) is 1. The van der Waals surface area contributed by atoms with E-state index in [9.17, 15) is 9.59 Å². The van der Waals surface area contributed by atoms with E-state index in [4.69, 9.17) is 9.84 Å². The van der Waals surface area contributed by atoms with Crippen LogP contribution in [0.4, 0.5) is 4.79 Å². The Kier molecular flexibility index (Phi) is 5.32. The first-order valence-electron chi connectivity index (χ1n) is 8.24. The Morgan fingerprint density at radius 2 is 1.82 bits per heavy atom. The smallest absolute Gasteiger partial charge is 0.410 e. The van der Waals surface area contributed by atoms with E-state index in [1.807, 2.05) is 25.7 Å². The maximum absolute atomic E-state index is 12.6. The van der Waals surface area contributed by atoms with Crippen LogP contribution >= 0.6 is 0 Å². The molecule has 0 spiro atoms. The molecular weight excluding hydrogens is 284 g/mol. The number of ether oxygens (including phenoxy) is 1. The van der Waals surface area contributed by atoms with Crippen LogP contribution in [-0.4, -0.2) is 52.3 Å². The van der Waals surface area contributed by atoms with E-state index in [-0.39, 0.29) is 30.8 Å². The van der Waals surface area contributed by atoms with Crippen molar-refractivity contribution in [2.75, 3.05) is 6.54 Å². The highest BCUT2D eigenvalue weighted by Crippen LogP contribution is 2.35. The van der Waals surface area contributed by atoms with Gasteiger partial charge in [0.1, 0.15) is 5.60 Å². The van der Waals surface area contributed by atoms with Gasteiger partial charge in [-0.25, -0.2) is 4.79 Å². The second kappa shape index (κ2) is 6.86. The number of aliphatic carboxylic acids is 1. The second-order valence-electron chi connectivity index (χ2n) is 7.35. The molecule has 126 valence electrons. The molecule has 0 aromatic carbocycles. The van der Waals surface area contributed by atoms with Crippen molar-refractivity contribution in [2.45, 2.75) is 83.0 Å². The summed E-state index contributed by atoms with van der Waals surface area (Å²) in [5.74, 6) is -0.862. The zero-order chi connectivity index (χ0) is 16.3. The summed E-state index contributed by atoms with van der Waals surface area (Å²) in [4.78, 5) is 25.3. The zero-order valence-corrected chi connectivity index (χ0v) is 13.8. The van der Waals surface area contributed by atoms with E-state index in [2.05, 4.69) is 5.32 Å². The quantitative estimate of drug-likeness (QED) is 0.815. The molecule has 0 saturated heterocycles. The third-order valence-electron chi connectivity index (χ3n) is 4.15. The maximum atomic E-state index is 12.6. The Bertz CT molecular complexity index is 415. The number of carboxylic acids is 1. The van der Waals surface area contributed by atoms with Crippen LogP contribution in [0.15, 0.2) is 0 Å². The standard InChI is InChI=1S/C16H28N2O4/c1-16(2,3)22-15(21)18(11-8-9-11)13-7-5-4-6-12(13)17-10-14(19)20/h11-13,17H,4-10H2,1-3H3,(H,19,20)/t12-,13+/m0/s1. The highest BCUT2D eigenvalue weighted by Gasteiger charge is 2.43. The van der Waals surface area contributed by atoms with E-state index in [0.29, 0.717) is 0 Å². The van der Waals surface area contributed by atoms with Crippen molar-refractivity contribution >= 4 is 12.1 Å². The monoisotopic (exact) mass is 312 g/mol. The molecule has 2 N–H and O–H groups in total. The van der Waals surface area contributed by atoms with Gasteiger partial charge in [-0.3, -0.25) is 4.79 Å². The molecule has 0 bridgehead atoms. The number of carboxylic acid groups (broad SMARTS) is 1. The molecule has 1 amide bonds. The fourth-order valence-electron chi connectivity index (χ4n) is 3.12. The van der Waals surface area contributed by atoms with Crippen molar-refractivity contribution in [2.24, 2.45) is 0 Å². The Morgan fingerprint density at radius 3 is 2.36 bits per heavy atom. The van der Waals surface area contributed by atoms with Crippen molar-refractivity contribution in [3.63, 3.8) is 0 Å². The second-order valence-corrected chi connectivity index (χ2v) is 7.35. The molecule has 2 aliphatic rings. The first-order chi connectivity index (χ1) is 10.3. The van der Waals surface area contributed by atoms with E-state index in [1.165, 1.54) is 0 Å². The Morgan fingerprint density at radius 1 is 1.18 bits per heavy atom. The van der Waals surface area contributed by atoms with Gasteiger partial charge in [0.05, 0.1) is 12.6 Å². The van der Waals surface area contributed by atoms with E-state index in [1.54, 1.807) is 0 Å². The van der Waals surface area contributed by atoms with Crippen LogP contribution in [0.25, 0.3) is 0 Å². The molecule has 2 saturated carbocycles. The molecule has 6 heteroatoms. The van der Waals surface area contributed by atoms with Gasteiger partial charge in [0.25, 0.3) is 0 Å². The van der Waals surface area contributed by atoms with Gasteiger partial charge >= 0.3 is 12.1 Å². The van der Waals surface area contributed by atoms with E-state index < -0.39 is 11.6 Å². The van der Waals surface area contributed by atoms with Crippen LogP contribution in [0.2, 0.25) is 0 Å². The predicted octanol–water partition coefficient (Wildman–Crippen LogP) is 2.37. The minimum Gasteiger partial charge on any atom is -0.480 e. The zero-order valence-electron chi connectivity index (χ0n) is 13.8. The van der Waals surface area contributed by atoms with Crippen LogP contribution in [0.1, 0.15) is 59.3 Å². The lowest BCUT2D eigenvalue weighted by atomic mass is 9.89. The summed E-state index contributed by atoms with van der Waals surface area (Å²) in [6.07, 6.45) is 5.73. The number of carbonyl (C=O) groups is 2. The summed E-state index contributed by atoms with van der Waals surface area (Å²) >= 11 is 0. The SMILES string of the molecule is CC(C)(C)OC(=O)N(C1CC1)[C@@H]1CCCC[C@@H]1NCC(=O)O. The van der Waals surface area contributed by atoms with Gasteiger partial charge in [-0.1, -0.05) is 12.8 Å². The number of carbonyl (C=O) groups excluding carboxylic acids is 1. The molecule has 2 rings (SSSR count). The molecule has 0 unspecified atom stereocenters. The summed E-state index contributed by atoms with van der Waals surface area (Å²) in [5, 5.41) is 12.0. The van der Waals surface area contributed by atoms with Gasteiger partial charge in [0, 0.05) is 12.1 Å². The van der Waals surface area contributed by atoms with Crippen molar-refractivity contribution < 1.29 is 19.4 Å². The van der Waals surface area contributed by atoms with Crippen LogP contribution in [0.5, 0.6) is 0 Å². The number of amides is 1. The van der Waals surface area contributed by atoms with Gasteiger partial charge in [-0.2, -0.15) is 0 Å². The van der Waals surface area contributed by atoms with Gasteiger partial charge in [0.15, 0.2) is 0 Å². The first kappa shape index (κ1) is 17.1. The molecule has 2 fully saturated rings. The Balaban J connectivity index is 2.07. The van der Waals surface area contributed by atoms with E-state index >= 15 is 0 Å². The summed E-state index contributed by atoms with van der Waals surface area (Å²) in [6, 6.07) is 0.334. The molecule has 0 heterocycles. The normalized spacial score (nSPS) is 25.6. The fraction of sp³-hybridized carbons (Fsp3) is 0.875. The van der Waals surface area contributed by atoms with Crippen LogP contribution < -0.4 is 5.32 Å². The molecular formula is C16H28N2O4. The van der Waals surface area contributed by atoms with Crippen LogP contribution in [-0.2, 0) is 9.53 Å². The minimum absolute atomic E-state index is 0.0375. The highest BCUT2D eigenvalue weighted by molar-refractivity contribution is 5.70. The summed E-state index contributed by atoms with van der Waals surface area (Å²) in [6.45, 7) is 5.55. The van der Waals surface area contributed by atoms with Crippen LogP contribution in [0.3, 0.4) is 0 Å². The minimum atomic E-state index is -0.862. The lowest BCUT2D eigenvalue weighted by Crippen LogP contribution is -2.56. The van der Waals surface area contributed by atoms with Crippen LogP contribution in [0, 0.1) is 0 Å². The van der Waals surface area contributed by atoms with E-state index in [0.717, 1.165) is 38.5 Å². The Labute approximate surface area is 132 Å². The Hall–Kier alpha value is -1.30. The third-order valence-corrected chi connectivity index (χ3v) is 4.15. The van der Waals surface area contributed by atoms with Gasteiger partial charge in [-0.15, -0.1) is 0 Å². The maximum Gasteiger partial charge on any atom is 0.410 e. The molecule has 0 aromatic heterocycles. The number of hydrogen-bond acceptors (Lipinski definition) is 4. The molecule has 6 nitrogen and oxygen atoms in total. The average Bonchev–Trinajstić information content (AvgIpc) is 3.20. The molecule has 2 aliphatic carbocycles. The van der Waals surface area contributed by atoms with Gasteiger partial charge in [0.2, 0.25) is 0 Å². The molecule has 2 atom stereocenters. The van der Waals surface area contributed by atoms with Crippen molar-refractivity contribution in [3.05, 3.63) is 0 Å². The highest BCUT2D eigenvalue weighted by atomic mass is 16.6. The summed E-state index contributed by atoms with van der Waals surface area (Å²) < 4.78 is 5.57. The molecule has 0 aromatic rings. The largest absolute Gasteiger partial charge is 0.480 e.